The molecule has 42 heavy (non-hydrogen) atoms. The van der Waals surface area contributed by atoms with Crippen LogP contribution >= 0.6 is 0 Å². The maximum atomic E-state index is 2.59. The van der Waals surface area contributed by atoms with Crippen LogP contribution in [-0.2, 0) is 0 Å². The lowest BCUT2D eigenvalue weighted by molar-refractivity contribution is 1.35. The van der Waals surface area contributed by atoms with Crippen molar-refractivity contribution in [1.82, 2.24) is 8.80 Å². The van der Waals surface area contributed by atoms with Gasteiger partial charge in [-0.3, -0.25) is 0 Å². The van der Waals surface area contributed by atoms with E-state index < -0.39 is 0 Å². The molecule has 2 heteroatoms. The summed E-state index contributed by atoms with van der Waals surface area (Å²) in [5.74, 6) is 0. The zero-order valence-electron chi connectivity index (χ0n) is 23.3. The maximum Gasteiger partial charge on any atom is 0.0634 e. The van der Waals surface area contributed by atoms with Gasteiger partial charge < -0.3 is 8.80 Å². The first-order valence-corrected chi connectivity index (χ1v) is 14.8. The summed E-state index contributed by atoms with van der Waals surface area (Å²) in [5, 5.41) is 16.1. The second-order valence-corrected chi connectivity index (χ2v) is 12.3. The summed E-state index contributed by atoms with van der Waals surface area (Å²) in [6, 6.07) is 41.3. The minimum Gasteiger partial charge on any atom is -0.308 e. The molecule has 0 bridgehead atoms. The summed E-state index contributed by atoms with van der Waals surface area (Å²) >= 11 is 0. The molecular weight excluding hydrogens is 508 g/mol. The van der Waals surface area contributed by atoms with Gasteiger partial charge in [0.15, 0.2) is 0 Å². The molecular formula is C40H24N2. The lowest BCUT2D eigenvalue weighted by Crippen LogP contribution is -1.94. The number of hydrogen-bond acceptors (Lipinski definition) is 0. The maximum absolute atomic E-state index is 2.59. The summed E-state index contributed by atoms with van der Waals surface area (Å²) in [4.78, 5) is 0. The highest BCUT2D eigenvalue weighted by atomic mass is 14.9. The summed E-state index contributed by atoms with van der Waals surface area (Å²) in [6.07, 6.45) is 0. The predicted octanol–water partition coefficient (Wildman–Crippen LogP) is 10.9. The molecule has 4 heterocycles. The second-order valence-electron chi connectivity index (χ2n) is 12.3. The minimum atomic E-state index is 1.28. The molecule has 0 amide bonds. The van der Waals surface area contributed by atoms with E-state index in [1.807, 2.05) is 0 Å². The number of aromatic nitrogens is 2. The Kier molecular flexibility index (Phi) is 3.53. The molecule has 0 N–H and O–H groups in total. The van der Waals surface area contributed by atoms with Gasteiger partial charge in [-0.1, -0.05) is 83.9 Å². The van der Waals surface area contributed by atoms with Gasteiger partial charge in [-0.25, -0.2) is 0 Å². The van der Waals surface area contributed by atoms with E-state index in [0.29, 0.717) is 0 Å². The number of aryl methyl sites for hydroxylation is 2. The predicted molar refractivity (Wildman–Crippen MR) is 180 cm³/mol. The molecule has 2 nitrogen and oxygen atoms in total. The lowest BCUT2D eigenvalue weighted by atomic mass is 9.92. The van der Waals surface area contributed by atoms with Gasteiger partial charge in [-0.2, -0.15) is 0 Å². The molecule has 0 radical (unpaired) electrons. The Morgan fingerprint density at radius 3 is 1.62 bits per heavy atom. The molecule has 4 aromatic heterocycles. The van der Waals surface area contributed by atoms with Crippen LogP contribution in [0.2, 0.25) is 0 Å². The van der Waals surface area contributed by atoms with Crippen molar-refractivity contribution in [2.75, 3.05) is 0 Å². The molecule has 0 atom stereocenters. The van der Waals surface area contributed by atoms with E-state index in [0.717, 1.165) is 0 Å². The third-order valence-electron chi connectivity index (χ3n) is 10.0. The summed E-state index contributed by atoms with van der Waals surface area (Å²) in [7, 11) is 0. The minimum absolute atomic E-state index is 1.28. The standard InChI is InChI=1S/C40H24N2/c1-21-14-16-31-28(18-21)38-36-27-12-7-11-25-24-9-4-3-8-23(24)20-33(34(25)27)42-32-17-15-22(2)19-29(32)37(40(36)42)35-26-10-5-6-13-30(26)41(31)39(35)38/h3-20H,1-2H3. The van der Waals surface area contributed by atoms with Crippen molar-refractivity contribution < 1.29 is 0 Å². The highest BCUT2D eigenvalue weighted by molar-refractivity contribution is 6.46. The van der Waals surface area contributed by atoms with Gasteiger partial charge in [-0.05, 0) is 71.8 Å². The van der Waals surface area contributed by atoms with Crippen molar-refractivity contribution in [3.63, 3.8) is 0 Å². The molecule has 7 aromatic carbocycles. The zero-order chi connectivity index (χ0) is 27.4. The van der Waals surface area contributed by atoms with Gasteiger partial charge in [0, 0.05) is 43.1 Å². The van der Waals surface area contributed by atoms with Crippen LogP contribution in [0.25, 0.3) is 97.7 Å². The van der Waals surface area contributed by atoms with E-state index in [1.54, 1.807) is 0 Å². The first-order valence-electron chi connectivity index (χ1n) is 14.8. The van der Waals surface area contributed by atoms with Crippen LogP contribution in [0.1, 0.15) is 11.1 Å². The van der Waals surface area contributed by atoms with E-state index in [1.165, 1.54) is 109 Å². The number of para-hydroxylation sites is 1. The number of fused-ring (bicyclic) bond motifs is 15. The van der Waals surface area contributed by atoms with Crippen LogP contribution in [0.3, 0.4) is 0 Å². The first-order chi connectivity index (χ1) is 20.7. The van der Waals surface area contributed by atoms with Crippen molar-refractivity contribution in [3.8, 4) is 0 Å². The molecule has 11 rings (SSSR count). The molecule has 0 fully saturated rings. The smallest absolute Gasteiger partial charge is 0.0634 e. The van der Waals surface area contributed by atoms with Gasteiger partial charge >= 0.3 is 0 Å². The average Bonchev–Trinajstić information content (AvgIpc) is 3.64. The number of hydrogen-bond donors (Lipinski definition) is 0. The fraction of sp³-hybridized carbons (Fsp3) is 0.0500. The number of nitrogens with zero attached hydrogens (tertiary/aromatic N) is 2. The Balaban J connectivity index is 1.64. The molecule has 0 aliphatic heterocycles. The lowest BCUT2D eigenvalue weighted by Gasteiger charge is -2.16. The van der Waals surface area contributed by atoms with Crippen molar-refractivity contribution in [3.05, 3.63) is 120 Å². The van der Waals surface area contributed by atoms with Crippen LogP contribution in [0.5, 0.6) is 0 Å². The molecule has 0 unspecified atom stereocenters. The van der Waals surface area contributed by atoms with Crippen molar-refractivity contribution in [2.24, 2.45) is 0 Å². The Bertz CT molecular complexity index is 2970. The average molecular weight is 533 g/mol. The van der Waals surface area contributed by atoms with Crippen LogP contribution in [0.15, 0.2) is 109 Å². The van der Waals surface area contributed by atoms with E-state index in [2.05, 4.69) is 132 Å². The summed E-state index contributed by atoms with van der Waals surface area (Å²) < 4.78 is 5.14. The highest BCUT2D eigenvalue weighted by Gasteiger charge is 2.28. The van der Waals surface area contributed by atoms with E-state index in [4.69, 9.17) is 0 Å². The van der Waals surface area contributed by atoms with E-state index in [-0.39, 0.29) is 0 Å². The van der Waals surface area contributed by atoms with Crippen LogP contribution in [0.4, 0.5) is 0 Å². The van der Waals surface area contributed by atoms with Crippen LogP contribution in [0, 0.1) is 13.8 Å². The van der Waals surface area contributed by atoms with Crippen molar-refractivity contribution in [2.45, 2.75) is 13.8 Å². The van der Waals surface area contributed by atoms with Gasteiger partial charge in [0.1, 0.15) is 0 Å². The quantitative estimate of drug-likeness (QED) is 0.136. The van der Waals surface area contributed by atoms with Crippen LogP contribution in [-0.4, -0.2) is 8.80 Å². The van der Waals surface area contributed by atoms with E-state index in [9.17, 15) is 0 Å². The molecule has 0 saturated heterocycles. The van der Waals surface area contributed by atoms with Gasteiger partial charge in [0.25, 0.3) is 0 Å². The Labute approximate surface area is 240 Å². The number of benzene rings is 7. The zero-order valence-corrected chi connectivity index (χ0v) is 23.3. The molecule has 0 saturated carbocycles. The second kappa shape index (κ2) is 6.92. The fourth-order valence-electron chi connectivity index (χ4n) is 8.46. The largest absolute Gasteiger partial charge is 0.308 e. The van der Waals surface area contributed by atoms with Gasteiger partial charge in [0.2, 0.25) is 0 Å². The Morgan fingerprint density at radius 1 is 0.357 bits per heavy atom. The summed E-state index contributed by atoms with van der Waals surface area (Å²) in [5.41, 5.74) is 10.4. The molecule has 194 valence electrons. The number of rotatable bonds is 0. The Hall–Kier alpha value is -5.34. The Morgan fingerprint density at radius 2 is 0.881 bits per heavy atom. The van der Waals surface area contributed by atoms with Crippen molar-refractivity contribution >= 4 is 97.7 Å². The summed E-state index contributed by atoms with van der Waals surface area (Å²) in [6.45, 7) is 4.44. The third-order valence-corrected chi connectivity index (χ3v) is 10.0. The van der Waals surface area contributed by atoms with Crippen molar-refractivity contribution in [1.29, 1.82) is 0 Å². The van der Waals surface area contributed by atoms with Gasteiger partial charge in [-0.15, -0.1) is 0 Å². The normalized spacial score (nSPS) is 13.0. The molecule has 11 aromatic rings. The van der Waals surface area contributed by atoms with Gasteiger partial charge in [0.05, 0.1) is 33.1 Å². The molecule has 0 aliphatic carbocycles. The SMILES string of the molecule is Cc1ccc2c(c1)c1c3c4cccc5c6ccccc6cc(c54)n4c5ccc(C)cc5c(c5c6ccccc6n2c15)c34. The molecule has 0 spiro atoms. The van der Waals surface area contributed by atoms with Crippen LogP contribution < -0.4 is 0 Å². The monoisotopic (exact) mass is 532 g/mol. The third kappa shape index (κ3) is 2.23. The number of pyridine rings is 1. The topological polar surface area (TPSA) is 8.82 Å². The highest BCUT2D eigenvalue weighted by Crippen LogP contribution is 2.52. The molecule has 0 aliphatic rings. The fourth-order valence-corrected chi connectivity index (χ4v) is 8.46. The first kappa shape index (κ1) is 21.4. The van der Waals surface area contributed by atoms with E-state index >= 15 is 0 Å².